The maximum atomic E-state index is 11.1. The molecule has 2 heterocycles. The number of nitrogens with zero attached hydrogens (tertiary/aromatic N) is 2. The minimum absolute atomic E-state index is 0.659. The van der Waals surface area contributed by atoms with Gasteiger partial charge in [-0.05, 0) is 26.7 Å². The Labute approximate surface area is 98.9 Å². The Kier molecular flexibility index (Phi) is 2.88. The van der Waals surface area contributed by atoms with E-state index in [-0.39, 0.29) is 0 Å². The molecule has 1 saturated heterocycles. The largest absolute Gasteiger partial charge is 0.481 e. The molecule has 88 valence electrons. The highest BCUT2D eigenvalue weighted by Crippen LogP contribution is 2.30. The zero-order valence-corrected chi connectivity index (χ0v) is 10.4. The molecule has 0 amide bonds. The number of aromatic nitrogens is 1. The van der Waals surface area contributed by atoms with Gasteiger partial charge < -0.3 is 10.0 Å². The standard InChI is InChI=1S/C11H16N2O2S/c1-11(2,9(14)15)8-7-16-10(12-8)13-5-3-4-6-13/h7H,3-6H2,1-2H3,(H,14,15). The predicted molar refractivity (Wildman–Crippen MR) is 64.2 cm³/mol. The van der Waals surface area contributed by atoms with Crippen molar-refractivity contribution in [1.29, 1.82) is 0 Å². The first-order valence-corrected chi connectivity index (χ1v) is 6.34. The number of carboxylic acids is 1. The van der Waals surface area contributed by atoms with Crippen LogP contribution >= 0.6 is 11.3 Å². The van der Waals surface area contributed by atoms with Crippen molar-refractivity contribution in [3.63, 3.8) is 0 Å². The SMILES string of the molecule is CC(C)(C(=O)O)c1csc(N2CCCC2)n1. The summed E-state index contributed by atoms with van der Waals surface area (Å²) in [7, 11) is 0. The van der Waals surface area contributed by atoms with E-state index in [0.717, 1.165) is 18.2 Å². The van der Waals surface area contributed by atoms with Gasteiger partial charge in [0.05, 0.1) is 5.69 Å². The van der Waals surface area contributed by atoms with E-state index in [1.54, 1.807) is 25.2 Å². The Hall–Kier alpha value is -1.10. The molecule has 0 saturated carbocycles. The molecule has 2 rings (SSSR count). The second-order valence-electron chi connectivity index (χ2n) is 4.64. The van der Waals surface area contributed by atoms with Crippen molar-refractivity contribution in [2.75, 3.05) is 18.0 Å². The fourth-order valence-corrected chi connectivity index (χ4v) is 2.76. The average molecular weight is 240 g/mol. The van der Waals surface area contributed by atoms with Gasteiger partial charge in [-0.2, -0.15) is 0 Å². The van der Waals surface area contributed by atoms with Crippen LogP contribution in [0.25, 0.3) is 0 Å². The minimum Gasteiger partial charge on any atom is -0.481 e. The summed E-state index contributed by atoms with van der Waals surface area (Å²) in [6, 6.07) is 0. The summed E-state index contributed by atoms with van der Waals surface area (Å²) in [4.78, 5) is 17.8. The number of hydrogen-bond acceptors (Lipinski definition) is 4. The van der Waals surface area contributed by atoms with Crippen LogP contribution < -0.4 is 4.90 Å². The number of anilines is 1. The third-order valence-electron chi connectivity index (χ3n) is 3.04. The summed E-state index contributed by atoms with van der Waals surface area (Å²) >= 11 is 1.54. The lowest BCUT2D eigenvalue weighted by atomic mass is 9.90. The van der Waals surface area contributed by atoms with E-state index in [1.165, 1.54) is 12.8 Å². The molecule has 0 aromatic carbocycles. The quantitative estimate of drug-likeness (QED) is 0.879. The number of thiazole rings is 1. The fraction of sp³-hybridized carbons (Fsp3) is 0.636. The van der Waals surface area contributed by atoms with E-state index in [1.807, 2.05) is 5.38 Å². The topological polar surface area (TPSA) is 53.4 Å². The van der Waals surface area contributed by atoms with Crippen LogP contribution in [0.5, 0.6) is 0 Å². The van der Waals surface area contributed by atoms with E-state index in [0.29, 0.717) is 5.69 Å². The van der Waals surface area contributed by atoms with Gasteiger partial charge in [-0.15, -0.1) is 11.3 Å². The van der Waals surface area contributed by atoms with E-state index in [2.05, 4.69) is 9.88 Å². The van der Waals surface area contributed by atoms with Crippen molar-refractivity contribution >= 4 is 22.4 Å². The maximum absolute atomic E-state index is 11.1. The van der Waals surface area contributed by atoms with E-state index >= 15 is 0 Å². The highest BCUT2D eigenvalue weighted by molar-refractivity contribution is 7.13. The number of hydrogen-bond donors (Lipinski definition) is 1. The Balaban J connectivity index is 2.21. The third-order valence-corrected chi connectivity index (χ3v) is 3.95. The molecular weight excluding hydrogens is 224 g/mol. The first kappa shape index (κ1) is 11.4. The molecule has 0 bridgehead atoms. The van der Waals surface area contributed by atoms with Gasteiger partial charge in [-0.25, -0.2) is 4.98 Å². The molecule has 0 unspecified atom stereocenters. The van der Waals surface area contributed by atoms with E-state index in [4.69, 9.17) is 5.11 Å². The summed E-state index contributed by atoms with van der Waals surface area (Å²) in [5.41, 5.74) is -0.235. The Morgan fingerprint density at radius 1 is 1.50 bits per heavy atom. The predicted octanol–water partition coefficient (Wildman–Crippen LogP) is 2.11. The van der Waals surface area contributed by atoms with Crippen molar-refractivity contribution < 1.29 is 9.90 Å². The van der Waals surface area contributed by atoms with Gasteiger partial charge in [0.2, 0.25) is 0 Å². The number of carbonyl (C=O) groups is 1. The first-order chi connectivity index (χ1) is 7.51. The molecule has 0 aliphatic carbocycles. The zero-order valence-electron chi connectivity index (χ0n) is 9.56. The van der Waals surface area contributed by atoms with Gasteiger partial charge in [-0.3, -0.25) is 4.79 Å². The van der Waals surface area contributed by atoms with Crippen LogP contribution in [0.3, 0.4) is 0 Å². The van der Waals surface area contributed by atoms with Gasteiger partial charge >= 0.3 is 5.97 Å². The molecule has 16 heavy (non-hydrogen) atoms. The fourth-order valence-electron chi connectivity index (χ4n) is 1.71. The van der Waals surface area contributed by atoms with Crippen molar-refractivity contribution in [1.82, 2.24) is 4.98 Å². The molecule has 0 spiro atoms. The molecule has 1 aromatic heterocycles. The zero-order chi connectivity index (χ0) is 11.8. The summed E-state index contributed by atoms with van der Waals surface area (Å²) in [5.74, 6) is -0.828. The number of carboxylic acid groups (broad SMARTS) is 1. The number of aliphatic carboxylic acids is 1. The van der Waals surface area contributed by atoms with Crippen LogP contribution in [0.1, 0.15) is 32.4 Å². The molecule has 1 fully saturated rings. The van der Waals surface area contributed by atoms with Gasteiger partial charge in [0.1, 0.15) is 5.41 Å². The molecule has 1 aliphatic heterocycles. The second-order valence-corrected chi connectivity index (χ2v) is 5.48. The van der Waals surface area contributed by atoms with Crippen molar-refractivity contribution in [3.8, 4) is 0 Å². The average Bonchev–Trinajstić information content (AvgIpc) is 2.88. The molecule has 1 N–H and O–H groups in total. The van der Waals surface area contributed by atoms with Crippen molar-refractivity contribution in [2.45, 2.75) is 32.1 Å². The van der Waals surface area contributed by atoms with Gasteiger partial charge in [-0.1, -0.05) is 0 Å². The van der Waals surface area contributed by atoms with E-state index < -0.39 is 11.4 Å². The third kappa shape index (κ3) is 1.91. The molecule has 1 aliphatic rings. The highest BCUT2D eigenvalue weighted by atomic mass is 32.1. The molecule has 0 radical (unpaired) electrons. The molecule has 5 heteroatoms. The van der Waals surface area contributed by atoms with Crippen LogP contribution in [0, 0.1) is 0 Å². The molecule has 4 nitrogen and oxygen atoms in total. The summed E-state index contributed by atoms with van der Waals surface area (Å²) in [6.07, 6.45) is 2.41. The van der Waals surface area contributed by atoms with Gasteiger partial charge in [0.15, 0.2) is 5.13 Å². The van der Waals surface area contributed by atoms with Crippen LogP contribution in [0.15, 0.2) is 5.38 Å². The van der Waals surface area contributed by atoms with Crippen LogP contribution in [0.4, 0.5) is 5.13 Å². The molecule has 1 aromatic rings. The lowest BCUT2D eigenvalue weighted by Gasteiger charge is -2.17. The monoisotopic (exact) mass is 240 g/mol. The van der Waals surface area contributed by atoms with E-state index in [9.17, 15) is 4.79 Å². The normalized spacial score (nSPS) is 16.8. The second kappa shape index (κ2) is 4.05. The molecular formula is C11H16N2O2S. The Morgan fingerprint density at radius 3 is 2.69 bits per heavy atom. The van der Waals surface area contributed by atoms with Crippen LogP contribution in [-0.2, 0) is 10.2 Å². The minimum atomic E-state index is -0.894. The summed E-state index contributed by atoms with van der Waals surface area (Å²) in [5, 5.41) is 11.9. The van der Waals surface area contributed by atoms with Gasteiger partial charge in [0, 0.05) is 18.5 Å². The molecule has 0 atom stereocenters. The summed E-state index contributed by atoms with van der Waals surface area (Å²) < 4.78 is 0. The van der Waals surface area contributed by atoms with Crippen LogP contribution in [-0.4, -0.2) is 29.1 Å². The first-order valence-electron chi connectivity index (χ1n) is 5.46. The smallest absolute Gasteiger partial charge is 0.315 e. The maximum Gasteiger partial charge on any atom is 0.315 e. The lowest BCUT2D eigenvalue weighted by molar-refractivity contribution is -0.142. The number of rotatable bonds is 3. The Bertz CT molecular complexity index is 394. The Morgan fingerprint density at radius 2 is 2.12 bits per heavy atom. The van der Waals surface area contributed by atoms with Crippen LogP contribution in [0.2, 0.25) is 0 Å². The van der Waals surface area contributed by atoms with Crippen molar-refractivity contribution in [3.05, 3.63) is 11.1 Å². The summed E-state index contributed by atoms with van der Waals surface area (Å²) in [6.45, 7) is 5.47. The highest BCUT2D eigenvalue weighted by Gasteiger charge is 2.32. The van der Waals surface area contributed by atoms with Crippen molar-refractivity contribution in [2.24, 2.45) is 0 Å². The van der Waals surface area contributed by atoms with Gasteiger partial charge in [0.25, 0.3) is 0 Å². The lowest BCUT2D eigenvalue weighted by Crippen LogP contribution is -2.29.